The minimum atomic E-state index is -0.0316. The summed E-state index contributed by atoms with van der Waals surface area (Å²) in [6.07, 6.45) is 7.66. The van der Waals surface area contributed by atoms with E-state index < -0.39 is 0 Å². The molecular weight excluding hydrogens is 300 g/mol. The first-order valence-electron chi connectivity index (χ1n) is 8.18. The van der Waals surface area contributed by atoms with Gasteiger partial charge >= 0.3 is 0 Å². The van der Waals surface area contributed by atoms with Crippen LogP contribution in [0.1, 0.15) is 42.1 Å². The lowest BCUT2D eigenvalue weighted by Gasteiger charge is -2.08. The van der Waals surface area contributed by atoms with E-state index in [-0.39, 0.29) is 5.78 Å². The Bertz CT molecular complexity index is 696. The van der Waals surface area contributed by atoms with Crippen molar-refractivity contribution in [2.75, 3.05) is 13.2 Å². The zero-order chi connectivity index (χ0) is 17.2. The molecule has 0 saturated heterocycles. The van der Waals surface area contributed by atoms with Crippen LogP contribution in [0.4, 0.5) is 0 Å². The van der Waals surface area contributed by atoms with Crippen LogP contribution in [-0.4, -0.2) is 19.0 Å². The second-order valence-electron chi connectivity index (χ2n) is 5.39. The maximum atomic E-state index is 12.6. The Morgan fingerprint density at radius 2 is 1.75 bits per heavy atom. The van der Waals surface area contributed by atoms with Gasteiger partial charge in [-0.1, -0.05) is 19.1 Å². The molecular formula is C21H22O3. The van der Waals surface area contributed by atoms with Crippen molar-refractivity contribution in [3.63, 3.8) is 0 Å². The lowest BCUT2D eigenvalue weighted by Crippen LogP contribution is -2.03. The summed E-state index contributed by atoms with van der Waals surface area (Å²) in [6.45, 7) is 3.27. The molecule has 124 valence electrons. The molecule has 0 aliphatic carbocycles. The third-order valence-corrected chi connectivity index (χ3v) is 3.42. The maximum Gasteiger partial charge on any atom is 0.193 e. The van der Waals surface area contributed by atoms with Crippen LogP contribution in [0, 0.1) is 12.3 Å². The van der Waals surface area contributed by atoms with Crippen molar-refractivity contribution < 1.29 is 14.3 Å². The summed E-state index contributed by atoms with van der Waals surface area (Å²) in [5.41, 5.74) is 1.24. The minimum Gasteiger partial charge on any atom is -0.494 e. The number of carbonyl (C=O) groups excluding carboxylic acids is 1. The highest BCUT2D eigenvalue weighted by Crippen LogP contribution is 2.19. The number of unbranched alkanes of at least 4 members (excludes halogenated alkanes) is 1. The predicted octanol–water partition coefficient (Wildman–Crippen LogP) is 4.50. The maximum absolute atomic E-state index is 12.6. The molecule has 0 fully saturated rings. The first kappa shape index (κ1) is 17.6. The number of benzene rings is 2. The molecule has 0 unspecified atom stereocenters. The highest BCUT2D eigenvalue weighted by molar-refractivity contribution is 6.09. The fourth-order valence-electron chi connectivity index (χ4n) is 2.18. The minimum absolute atomic E-state index is 0.0316. The standard InChI is InChI=1S/C21H22O3/c1-3-5-6-15-24-19-12-10-17(11-13-19)21(22)18-8-7-9-20(16-18)23-14-4-2/h1,7-13,16H,4-6,14-15H2,2H3. The lowest BCUT2D eigenvalue weighted by molar-refractivity contribution is 0.103. The van der Waals surface area contributed by atoms with Crippen LogP contribution in [-0.2, 0) is 0 Å². The molecule has 0 aromatic heterocycles. The van der Waals surface area contributed by atoms with Crippen molar-refractivity contribution in [2.24, 2.45) is 0 Å². The number of ketones is 1. The largest absolute Gasteiger partial charge is 0.494 e. The zero-order valence-corrected chi connectivity index (χ0v) is 14.0. The van der Waals surface area contributed by atoms with E-state index >= 15 is 0 Å². The van der Waals surface area contributed by atoms with Gasteiger partial charge in [-0.15, -0.1) is 12.3 Å². The van der Waals surface area contributed by atoms with Crippen molar-refractivity contribution in [1.29, 1.82) is 0 Å². The van der Waals surface area contributed by atoms with E-state index in [0.29, 0.717) is 30.8 Å². The van der Waals surface area contributed by atoms with Gasteiger partial charge in [-0.3, -0.25) is 4.79 Å². The van der Waals surface area contributed by atoms with E-state index in [9.17, 15) is 4.79 Å². The quantitative estimate of drug-likeness (QED) is 0.387. The number of hydrogen-bond donors (Lipinski definition) is 0. The van der Waals surface area contributed by atoms with Gasteiger partial charge in [0.05, 0.1) is 13.2 Å². The van der Waals surface area contributed by atoms with Crippen molar-refractivity contribution in [2.45, 2.75) is 26.2 Å². The van der Waals surface area contributed by atoms with E-state index in [1.807, 2.05) is 19.1 Å². The number of carbonyl (C=O) groups is 1. The summed E-state index contributed by atoms with van der Waals surface area (Å²) >= 11 is 0. The molecule has 0 radical (unpaired) electrons. The van der Waals surface area contributed by atoms with Crippen molar-refractivity contribution >= 4 is 5.78 Å². The highest BCUT2D eigenvalue weighted by Gasteiger charge is 2.10. The Hall–Kier alpha value is -2.73. The number of hydrogen-bond acceptors (Lipinski definition) is 3. The van der Waals surface area contributed by atoms with E-state index in [2.05, 4.69) is 5.92 Å². The molecule has 0 N–H and O–H groups in total. The van der Waals surface area contributed by atoms with Gasteiger partial charge in [0.2, 0.25) is 0 Å². The van der Waals surface area contributed by atoms with Gasteiger partial charge in [0.15, 0.2) is 5.78 Å². The molecule has 24 heavy (non-hydrogen) atoms. The summed E-state index contributed by atoms with van der Waals surface area (Å²) in [7, 11) is 0. The fraction of sp³-hybridized carbons (Fsp3) is 0.286. The van der Waals surface area contributed by atoms with E-state index in [1.54, 1.807) is 36.4 Å². The van der Waals surface area contributed by atoms with Gasteiger partial charge in [0, 0.05) is 17.5 Å². The topological polar surface area (TPSA) is 35.5 Å². The van der Waals surface area contributed by atoms with Crippen molar-refractivity contribution in [1.82, 2.24) is 0 Å². The second kappa shape index (κ2) is 9.42. The first-order chi connectivity index (χ1) is 11.7. The SMILES string of the molecule is C#CCCCOc1ccc(C(=O)c2cccc(OCCC)c2)cc1. The molecule has 0 spiro atoms. The van der Waals surface area contributed by atoms with E-state index in [0.717, 1.165) is 24.3 Å². The van der Waals surface area contributed by atoms with Crippen LogP contribution in [0.3, 0.4) is 0 Å². The van der Waals surface area contributed by atoms with Gasteiger partial charge in [0.1, 0.15) is 11.5 Å². The molecule has 0 heterocycles. The smallest absolute Gasteiger partial charge is 0.193 e. The summed E-state index contributed by atoms with van der Waals surface area (Å²) < 4.78 is 11.2. The Morgan fingerprint density at radius 1 is 1.00 bits per heavy atom. The predicted molar refractivity (Wildman–Crippen MR) is 95.7 cm³/mol. The Labute approximate surface area is 143 Å². The third-order valence-electron chi connectivity index (χ3n) is 3.42. The molecule has 3 nitrogen and oxygen atoms in total. The summed E-state index contributed by atoms with van der Waals surface area (Å²) in [4.78, 5) is 12.6. The average Bonchev–Trinajstić information content (AvgIpc) is 2.64. The highest BCUT2D eigenvalue weighted by atomic mass is 16.5. The van der Waals surface area contributed by atoms with Crippen LogP contribution in [0.2, 0.25) is 0 Å². The monoisotopic (exact) mass is 322 g/mol. The van der Waals surface area contributed by atoms with E-state index in [1.165, 1.54) is 0 Å². The molecule has 0 aliphatic heterocycles. The molecule has 2 rings (SSSR count). The van der Waals surface area contributed by atoms with Gasteiger partial charge < -0.3 is 9.47 Å². The number of rotatable bonds is 9. The van der Waals surface area contributed by atoms with Crippen molar-refractivity contribution in [3.05, 3.63) is 59.7 Å². The molecule has 0 aliphatic rings. The van der Waals surface area contributed by atoms with Crippen molar-refractivity contribution in [3.8, 4) is 23.8 Å². The molecule has 3 heteroatoms. The molecule has 0 amide bonds. The molecule has 2 aromatic rings. The molecule has 0 saturated carbocycles. The number of ether oxygens (including phenoxy) is 2. The summed E-state index contributed by atoms with van der Waals surface area (Å²) in [6, 6.07) is 14.4. The third kappa shape index (κ3) is 5.17. The van der Waals surface area contributed by atoms with Crippen LogP contribution in [0.15, 0.2) is 48.5 Å². The van der Waals surface area contributed by atoms with Crippen LogP contribution < -0.4 is 9.47 Å². The van der Waals surface area contributed by atoms with Gasteiger partial charge in [-0.2, -0.15) is 0 Å². The second-order valence-corrected chi connectivity index (χ2v) is 5.39. The van der Waals surface area contributed by atoms with Gasteiger partial charge in [-0.25, -0.2) is 0 Å². The van der Waals surface area contributed by atoms with Gasteiger partial charge in [-0.05, 0) is 49.2 Å². The Kier molecular flexibility index (Phi) is 6.91. The normalized spacial score (nSPS) is 10.0. The zero-order valence-electron chi connectivity index (χ0n) is 14.0. The van der Waals surface area contributed by atoms with Gasteiger partial charge in [0.25, 0.3) is 0 Å². The summed E-state index contributed by atoms with van der Waals surface area (Å²) in [5, 5.41) is 0. The Balaban J connectivity index is 2.00. The van der Waals surface area contributed by atoms with Crippen LogP contribution in [0.5, 0.6) is 11.5 Å². The molecule has 2 aromatic carbocycles. The number of terminal acetylenes is 1. The van der Waals surface area contributed by atoms with Crippen LogP contribution >= 0.6 is 0 Å². The molecule has 0 atom stereocenters. The van der Waals surface area contributed by atoms with Crippen LogP contribution in [0.25, 0.3) is 0 Å². The fourth-order valence-corrected chi connectivity index (χ4v) is 2.18. The first-order valence-corrected chi connectivity index (χ1v) is 8.18. The lowest BCUT2D eigenvalue weighted by atomic mass is 10.0. The molecule has 0 bridgehead atoms. The summed E-state index contributed by atoms with van der Waals surface area (Å²) in [5.74, 6) is 4.00. The average molecular weight is 322 g/mol. The Morgan fingerprint density at radius 3 is 2.46 bits per heavy atom. The van der Waals surface area contributed by atoms with E-state index in [4.69, 9.17) is 15.9 Å².